The molecule has 2 heterocycles. The molecule has 3 rings (SSSR count). The van der Waals surface area contributed by atoms with Crippen LogP contribution in [0, 0.1) is 5.41 Å². The highest BCUT2D eigenvalue weighted by atomic mass is 35.5. The van der Waals surface area contributed by atoms with Crippen LogP contribution in [0.5, 0.6) is 0 Å². The van der Waals surface area contributed by atoms with Gasteiger partial charge in [0, 0.05) is 45.0 Å². The molecule has 2 aliphatic heterocycles. The van der Waals surface area contributed by atoms with Crippen LogP contribution in [-0.4, -0.2) is 43.0 Å². The monoisotopic (exact) mass is 381 g/mol. The van der Waals surface area contributed by atoms with Crippen LogP contribution in [0.3, 0.4) is 0 Å². The molecule has 0 bridgehead atoms. The molecule has 2 fully saturated rings. The first-order chi connectivity index (χ1) is 12.1. The van der Waals surface area contributed by atoms with Gasteiger partial charge in [-0.05, 0) is 43.4 Å². The average molecular weight is 382 g/mol. The number of amides is 2. The van der Waals surface area contributed by atoms with Gasteiger partial charge < -0.3 is 20.7 Å². The minimum absolute atomic E-state index is 0. The van der Waals surface area contributed by atoms with E-state index >= 15 is 0 Å². The first-order valence-electron chi connectivity index (χ1n) is 9.09. The maximum absolute atomic E-state index is 12.8. The molecule has 2 saturated heterocycles. The molecule has 0 unspecified atom stereocenters. The summed E-state index contributed by atoms with van der Waals surface area (Å²) in [7, 11) is 0. The van der Waals surface area contributed by atoms with Crippen molar-refractivity contribution in [1.82, 2.24) is 4.90 Å². The predicted octanol–water partition coefficient (Wildman–Crippen LogP) is 2.31. The quantitative estimate of drug-likeness (QED) is 0.819. The topological polar surface area (TPSA) is 84.7 Å². The fraction of sp³-hybridized carbons (Fsp3) is 0.579. The van der Waals surface area contributed by atoms with Crippen molar-refractivity contribution >= 4 is 29.9 Å². The summed E-state index contributed by atoms with van der Waals surface area (Å²) in [6, 6.07) is 7.73. The molecule has 3 N–H and O–H groups in total. The zero-order valence-corrected chi connectivity index (χ0v) is 15.9. The molecule has 2 aliphatic rings. The van der Waals surface area contributed by atoms with Gasteiger partial charge in [0.05, 0.1) is 5.41 Å². The minimum atomic E-state index is -0.545. The van der Waals surface area contributed by atoms with Crippen LogP contribution in [0.2, 0.25) is 0 Å². The molecule has 7 heteroatoms. The van der Waals surface area contributed by atoms with Crippen molar-refractivity contribution in [2.45, 2.75) is 38.6 Å². The number of hydrogen-bond acceptors (Lipinski definition) is 4. The molecular weight excluding hydrogens is 354 g/mol. The second kappa shape index (κ2) is 9.35. The number of hydrogen-bond donors (Lipinski definition) is 2. The summed E-state index contributed by atoms with van der Waals surface area (Å²) in [4.78, 5) is 26.6. The van der Waals surface area contributed by atoms with Crippen LogP contribution in [-0.2, 0) is 20.9 Å². The van der Waals surface area contributed by atoms with Gasteiger partial charge in [-0.2, -0.15) is 0 Å². The number of rotatable bonds is 5. The Bertz CT molecular complexity index is 632. The van der Waals surface area contributed by atoms with E-state index in [0.717, 1.165) is 30.6 Å². The Labute approximate surface area is 160 Å². The van der Waals surface area contributed by atoms with Crippen molar-refractivity contribution in [2.24, 2.45) is 11.1 Å². The van der Waals surface area contributed by atoms with E-state index in [-0.39, 0.29) is 24.2 Å². The van der Waals surface area contributed by atoms with Crippen LogP contribution in [0.25, 0.3) is 0 Å². The number of nitrogens with one attached hydrogen (secondary N) is 1. The van der Waals surface area contributed by atoms with Gasteiger partial charge in [0.25, 0.3) is 0 Å². The van der Waals surface area contributed by atoms with Gasteiger partial charge in [0.2, 0.25) is 11.8 Å². The van der Waals surface area contributed by atoms with Gasteiger partial charge in [-0.1, -0.05) is 12.1 Å². The highest BCUT2D eigenvalue weighted by Crippen LogP contribution is 2.31. The van der Waals surface area contributed by atoms with Crippen LogP contribution in [0.15, 0.2) is 24.3 Å². The molecule has 1 aromatic rings. The summed E-state index contributed by atoms with van der Waals surface area (Å²) in [6.45, 7) is 2.87. The Hall–Kier alpha value is -1.63. The van der Waals surface area contributed by atoms with E-state index in [2.05, 4.69) is 5.32 Å². The minimum Gasteiger partial charge on any atom is -0.381 e. The third-order valence-corrected chi connectivity index (χ3v) is 5.30. The van der Waals surface area contributed by atoms with E-state index in [1.165, 1.54) is 0 Å². The first-order valence-corrected chi connectivity index (χ1v) is 9.09. The highest BCUT2D eigenvalue weighted by molar-refractivity contribution is 5.95. The number of halogens is 1. The first kappa shape index (κ1) is 20.7. The maximum atomic E-state index is 12.8. The van der Waals surface area contributed by atoms with E-state index in [1.807, 2.05) is 29.2 Å². The van der Waals surface area contributed by atoms with Gasteiger partial charge in [-0.15, -0.1) is 12.4 Å². The molecule has 0 atom stereocenters. The number of benzene rings is 1. The lowest BCUT2D eigenvalue weighted by Gasteiger charge is -2.34. The van der Waals surface area contributed by atoms with Crippen molar-refractivity contribution in [2.75, 3.05) is 31.6 Å². The number of carbonyl (C=O) groups is 2. The van der Waals surface area contributed by atoms with E-state index < -0.39 is 5.41 Å². The highest BCUT2D eigenvalue weighted by Gasteiger charge is 2.38. The number of nitrogens with two attached hydrogens (primary N) is 1. The summed E-state index contributed by atoms with van der Waals surface area (Å²) < 4.78 is 5.37. The van der Waals surface area contributed by atoms with Gasteiger partial charge in [-0.3, -0.25) is 9.59 Å². The summed E-state index contributed by atoms with van der Waals surface area (Å²) in [6.07, 6.45) is 3.98. The standard InChI is InChI=1S/C19H27N3O3.ClH/c20-14-19(7-10-25-11-8-19)18(24)21-16-5-3-4-15(12-16)13-22-9-2-1-6-17(22)23;/h3-5,12H,1-2,6-11,13-14,20H2,(H,21,24);1H. The van der Waals surface area contributed by atoms with Gasteiger partial charge in [-0.25, -0.2) is 0 Å². The van der Waals surface area contributed by atoms with Gasteiger partial charge in [0.1, 0.15) is 0 Å². The van der Waals surface area contributed by atoms with Gasteiger partial charge >= 0.3 is 0 Å². The van der Waals surface area contributed by atoms with Crippen molar-refractivity contribution in [1.29, 1.82) is 0 Å². The van der Waals surface area contributed by atoms with Crippen molar-refractivity contribution in [3.63, 3.8) is 0 Å². The number of anilines is 1. The molecule has 0 aromatic heterocycles. The SMILES string of the molecule is Cl.NCC1(C(=O)Nc2cccc(CN3CCCCC3=O)c2)CCOCC1. The number of ether oxygens (including phenoxy) is 1. The van der Waals surface area contributed by atoms with Crippen LogP contribution < -0.4 is 11.1 Å². The van der Waals surface area contributed by atoms with E-state index in [0.29, 0.717) is 45.6 Å². The summed E-state index contributed by atoms with van der Waals surface area (Å²) in [5, 5.41) is 3.01. The maximum Gasteiger partial charge on any atom is 0.232 e. The number of nitrogens with zero attached hydrogens (tertiary/aromatic N) is 1. The van der Waals surface area contributed by atoms with Crippen molar-refractivity contribution in [3.05, 3.63) is 29.8 Å². The zero-order valence-electron chi connectivity index (χ0n) is 15.0. The second-order valence-electron chi connectivity index (χ2n) is 7.02. The molecule has 0 radical (unpaired) electrons. The lowest BCUT2D eigenvalue weighted by Crippen LogP contribution is -2.46. The van der Waals surface area contributed by atoms with Crippen molar-refractivity contribution < 1.29 is 14.3 Å². The molecule has 0 aliphatic carbocycles. The molecule has 6 nitrogen and oxygen atoms in total. The average Bonchev–Trinajstić information content (AvgIpc) is 2.64. The third-order valence-electron chi connectivity index (χ3n) is 5.30. The largest absolute Gasteiger partial charge is 0.381 e. The molecular formula is C19H28ClN3O3. The number of carbonyl (C=O) groups excluding carboxylic acids is 2. The third kappa shape index (κ3) is 4.75. The van der Waals surface area contributed by atoms with E-state index in [9.17, 15) is 9.59 Å². The Balaban J connectivity index is 0.00000243. The zero-order chi connectivity index (χ0) is 17.7. The Morgan fingerprint density at radius 1 is 1.27 bits per heavy atom. The summed E-state index contributed by atoms with van der Waals surface area (Å²) >= 11 is 0. The molecule has 0 saturated carbocycles. The molecule has 2 amide bonds. The molecule has 26 heavy (non-hydrogen) atoms. The molecule has 0 spiro atoms. The lowest BCUT2D eigenvalue weighted by molar-refractivity contribution is -0.134. The molecule has 144 valence electrons. The van der Waals surface area contributed by atoms with Crippen LogP contribution >= 0.6 is 12.4 Å². The van der Waals surface area contributed by atoms with Gasteiger partial charge in [0.15, 0.2) is 0 Å². The van der Waals surface area contributed by atoms with E-state index in [1.54, 1.807) is 0 Å². The smallest absolute Gasteiger partial charge is 0.232 e. The Morgan fingerprint density at radius 3 is 2.73 bits per heavy atom. The van der Waals surface area contributed by atoms with Crippen LogP contribution in [0.1, 0.15) is 37.7 Å². The van der Waals surface area contributed by atoms with Crippen molar-refractivity contribution in [3.8, 4) is 0 Å². The predicted molar refractivity (Wildman–Crippen MR) is 103 cm³/mol. The lowest BCUT2D eigenvalue weighted by atomic mass is 9.79. The van der Waals surface area contributed by atoms with E-state index in [4.69, 9.17) is 10.5 Å². The van der Waals surface area contributed by atoms with Crippen LogP contribution in [0.4, 0.5) is 5.69 Å². The fourth-order valence-electron chi connectivity index (χ4n) is 3.55. The summed E-state index contributed by atoms with van der Waals surface area (Å²) in [5.41, 5.74) is 7.14. The summed E-state index contributed by atoms with van der Waals surface area (Å²) in [5.74, 6) is 0.175. The number of piperidine rings is 1. The second-order valence-corrected chi connectivity index (χ2v) is 7.02. The fourth-order valence-corrected chi connectivity index (χ4v) is 3.55. The Kier molecular flexibility index (Phi) is 7.43. The molecule has 1 aromatic carbocycles. The normalized spacial score (nSPS) is 19.6. The Morgan fingerprint density at radius 2 is 2.04 bits per heavy atom. The number of likely N-dealkylation sites (tertiary alicyclic amines) is 1.